The third-order valence-corrected chi connectivity index (χ3v) is 2.69. The molecule has 0 aliphatic carbocycles. The lowest BCUT2D eigenvalue weighted by molar-refractivity contribution is -0.120. The lowest BCUT2D eigenvalue weighted by Crippen LogP contribution is -2.44. The normalized spacial score (nSPS) is 12.5. The van der Waals surface area contributed by atoms with Gasteiger partial charge in [0.05, 0.1) is 6.04 Å². The van der Waals surface area contributed by atoms with Crippen LogP contribution in [0.5, 0.6) is 0 Å². The summed E-state index contributed by atoms with van der Waals surface area (Å²) < 4.78 is 0. The molecule has 94 valence electrons. The van der Waals surface area contributed by atoms with Crippen molar-refractivity contribution >= 4 is 11.6 Å². The van der Waals surface area contributed by atoms with Gasteiger partial charge in [0.15, 0.2) is 0 Å². The number of benzene rings is 1. The van der Waals surface area contributed by atoms with Crippen molar-refractivity contribution < 1.29 is 4.79 Å². The molecule has 1 atom stereocenters. The molecule has 0 aliphatic rings. The second-order valence-electron chi connectivity index (χ2n) is 4.65. The maximum Gasteiger partial charge on any atom is 0.243 e. The van der Waals surface area contributed by atoms with Crippen molar-refractivity contribution in [1.82, 2.24) is 0 Å². The van der Waals surface area contributed by atoms with Gasteiger partial charge in [-0.1, -0.05) is 32.0 Å². The Balaban J connectivity index is 2.78. The summed E-state index contributed by atoms with van der Waals surface area (Å²) in [5, 5.41) is 0. The summed E-state index contributed by atoms with van der Waals surface area (Å²) >= 11 is 0. The number of anilines is 1. The first-order valence-corrected chi connectivity index (χ1v) is 6.18. The molecule has 3 heteroatoms. The topological polar surface area (TPSA) is 46.3 Å². The molecule has 2 N–H and O–H groups in total. The van der Waals surface area contributed by atoms with Crippen LogP contribution in [0.1, 0.15) is 27.2 Å². The minimum absolute atomic E-state index is 0.00685. The molecule has 1 aromatic carbocycles. The van der Waals surface area contributed by atoms with Gasteiger partial charge in [0, 0.05) is 12.2 Å². The zero-order valence-corrected chi connectivity index (χ0v) is 10.9. The quantitative estimate of drug-likeness (QED) is 0.850. The van der Waals surface area contributed by atoms with E-state index < -0.39 is 6.04 Å². The van der Waals surface area contributed by atoms with Crippen LogP contribution in [0.3, 0.4) is 0 Å². The van der Waals surface area contributed by atoms with Crippen LogP contribution < -0.4 is 10.6 Å². The molecule has 1 amide bonds. The van der Waals surface area contributed by atoms with Gasteiger partial charge in [-0.25, -0.2) is 0 Å². The lowest BCUT2D eigenvalue weighted by Gasteiger charge is -2.25. The zero-order chi connectivity index (χ0) is 12.8. The number of nitrogens with zero attached hydrogens (tertiary/aromatic N) is 1. The maximum atomic E-state index is 12.2. The second kappa shape index (κ2) is 6.40. The minimum Gasteiger partial charge on any atom is -0.320 e. The van der Waals surface area contributed by atoms with Gasteiger partial charge in [-0.15, -0.1) is 0 Å². The summed E-state index contributed by atoms with van der Waals surface area (Å²) in [6.45, 7) is 6.76. The molecule has 0 spiro atoms. The second-order valence-corrected chi connectivity index (χ2v) is 4.65. The average molecular weight is 234 g/mol. The molecule has 17 heavy (non-hydrogen) atoms. The average Bonchev–Trinajstić information content (AvgIpc) is 2.30. The van der Waals surface area contributed by atoms with Gasteiger partial charge in [-0.05, 0) is 31.4 Å². The highest BCUT2D eigenvalue weighted by atomic mass is 16.2. The van der Waals surface area contributed by atoms with E-state index in [1.54, 1.807) is 4.90 Å². The van der Waals surface area contributed by atoms with E-state index in [4.69, 9.17) is 5.73 Å². The van der Waals surface area contributed by atoms with Crippen molar-refractivity contribution in [1.29, 1.82) is 0 Å². The summed E-state index contributed by atoms with van der Waals surface area (Å²) in [7, 11) is 0. The highest BCUT2D eigenvalue weighted by molar-refractivity contribution is 5.96. The van der Waals surface area contributed by atoms with Gasteiger partial charge in [-0.2, -0.15) is 0 Å². The Kier molecular flexibility index (Phi) is 5.16. The van der Waals surface area contributed by atoms with Crippen molar-refractivity contribution in [3.8, 4) is 0 Å². The summed E-state index contributed by atoms with van der Waals surface area (Å²) in [5.41, 5.74) is 6.86. The van der Waals surface area contributed by atoms with Crippen LogP contribution in [-0.2, 0) is 4.79 Å². The SMILES string of the molecule is CCN(C(=O)[C@@H](N)CC(C)C)c1ccccc1. The Morgan fingerprint density at radius 3 is 2.35 bits per heavy atom. The number of carbonyl (C=O) groups is 1. The molecule has 1 aromatic rings. The predicted octanol–water partition coefficient (Wildman–Crippen LogP) is 2.41. The van der Waals surface area contributed by atoms with Gasteiger partial charge in [0.1, 0.15) is 0 Å². The van der Waals surface area contributed by atoms with Gasteiger partial charge in [0.2, 0.25) is 5.91 Å². The number of carbonyl (C=O) groups excluding carboxylic acids is 1. The summed E-state index contributed by atoms with van der Waals surface area (Å²) in [6.07, 6.45) is 0.724. The van der Waals surface area contributed by atoms with Crippen LogP contribution >= 0.6 is 0 Å². The lowest BCUT2D eigenvalue weighted by atomic mass is 10.0. The zero-order valence-electron chi connectivity index (χ0n) is 10.9. The molecule has 0 fully saturated rings. The predicted molar refractivity (Wildman–Crippen MR) is 71.9 cm³/mol. The Labute approximate surface area is 104 Å². The Morgan fingerprint density at radius 2 is 1.88 bits per heavy atom. The fourth-order valence-electron chi connectivity index (χ4n) is 1.88. The number of hydrogen-bond donors (Lipinski definition) is 1. The van der Waals surface area contributed by atoms with E-state index in [9.17, 15) is 4.79 Å². The standard InChI is InChI=1S/C14H22N2O/c1-4-16(12-8-6-5-7-9-12)14(17)13(15)10-11(2)3/h5-9,11,13H,4,10,15H2,1-3H3/t13-/m0/s1. The van der Waals surface area contributed by atoms with Crippen molar-refractivity contribution in [2.45, 2.75) is 33.2 Å². The van der Waals surface area contributed by atoms with Crippen LogP contribution in [0.2, 0.25) is 0 Å². The third-order valence-electron chi connectivity index (χ3n) is 2.69. The Hall–Kier alpha value is -1.35. The van der Waals surface area contributed by atoms with Crippen LogP contribution in [0, 0.1) is 5.92 Å². The maximum absolute atomic E-state index is 12.2. The van der Waals surface area contributed by atoms with Crippen molar-refractivity contribution in [3.63, 3.8) is 0 Å². The Morgan fingerprint density at radius 1 is 1.29 bits per heavy atom. The smallest absolute Gasteiger partial charge is 0.243 e. The number of likely N-dealkylation sites (N-methyl/N-ethyl adjacent to an activating group) is 1. The number of rotatable bonds is 5. The highest BCUT2D eigenvalue weighted by Gasteiger charge is 2.21. The molecule has 0 heterocycles. The minimum atomic E-state index is -0.407. The van der Waals surface area contributed by atoms with Gasteiger partial charge < -0.3 is 10.6 Å². The number of para-hydroxylation sites is 1. The van der Waals surface area contributed by atoms with E-state index in [0.717, 1.165) is 12.1 Å². The molecule has 0 saturated heterocycles. The Bertz CT molecular complexity index is 348. The molecular weight excluding hydrogens is 212 g/mol. The monoisotopic (exact) mass is 234 g/mol. The van der Waals surface area contributed by atoms with Crippen LogP contribution in [0.4, 0.5) is 5.69 Å². The first kappa shape index (κ1) is 13.7. The molecule has 0 unspecified atom stereocenters. The molecule has 1 rings (SSSR count). The highest BCUT2D eigenvalue weighted by Crippen LogP contribution is 2.15. The van der Waals surface area contributed by atoms with E-state index in [0.29, 0.717) is 12.5 Å². The van der Waals surface area contributed by atoms with E-state index in [1.807, 2.05) is 37.3 Å². The molecule has 0 radical (unpaired) electrons. The van der Waals surface area contributed by atoms with Gasteiger partial charge in [-0.3, -0.25) is 4.79 Å². The van der Waals surface area contributed by atoms with E-state index >= 15 is 0 Å². The first-order chi connectivity index (χ1) is 8.06. The van der Waals surface area contributed by atoms with E-state index in [-0.39, 0.29) is 5.91 Å². The fourth-order valence-corrected chi connectivity index (χ4v) is 1.88. The molecule has 0 bridgehead atoms. The van der Waals surface area contributed by atoms with Crippen LogP contribution in [-0.4, -0.2) is 18.5 Å². The number of amides is 1. The largest absolute Gasteiger partial charge is 0.320 e. The van der Waals surface area contributed by atoms with E-state index in [1.165, 1.54) is 0 Å². The summed E-state index contributed by atoms with van der Waals surface area (Å²) in [6, 6.07) is 9.26. The fraction of sp³-hybridized carbons (Fsp3) is 0.500. The number of nitrogens with two attached hydrogens (primary N) is 1. The van der Waals surface area contributed by atoms with Crippen molar-refractivity contribution in [2.75, 3.05) is 11.4 Å². The number of hydrogen-bond acceptors (Lipinski definition) is 2. The van der Waals surface area contributed by atoms with Crippen molar-refractivity contribution in [2.24, 2.45) is 11.7 Å². The van der Waals surface area contributed by atoms with Crippen LogP contribution in [0.25, 0.3) is 0 Å². The third kappa shape index (κ3) is 3.86. The van der Waals surface area contributed by atoms with E-state index in [2.05, 4.69) is 13.8 Å². The summed E-state index contributed by atoms with van der Waals surface area (Å²) in [4.78, 5) is 14.0. The molecule has 0 saturated carbocycles. The van der Waals surface area contributed by atoms with Crippen molar-refractivity contribution in [3.05, 3.63) is 30.3 Å². The first-order valence-electron chi connectivity index (χ1n) is 6.18. The molecule has 0 aromatic heterocycles. The van der Waals surface area contributed by atoms with Gasteiger partial charge in [0.25, 0.3) is 0 Å². The molecular formula is C14H22N2O. The molecule has 3 nitrogen and oxygen atoms in total. The van der Waals surface area contributed by atoms with Gasteiger partial charge >= 0.3 is 0 Å². The van der Waals surface area contributed by atoms with Crippen LogP contribution in [0.15, 0.2) is 30.3 Å². The summed E-state index contributed by atoms with van der Waals surface area (Å²) in [5.74, 6) is 0.441. The molecule has 0 aliphatic heterocycles.